The van der Waals surface area contributed by atoms with Crippen LogP contribution in [0, 0.1) is 5.92 Å². The van der Waals surface area contributed by atoms with Crippen LogP contribution >= 0.6 is 0 Å². The minimum atomic E-state index is -0.447. The molecule has 3 N–H and O–H groups in total. The molecular weight excluding hydrogens is 224 g/mol. The van der Waals surface area contributed by atoms with Crippen LogP contribution in [0.2, 0.25) is 0 Å². The van der Waals surface area contributed by atoms with Crippen molar-refractivity contribution in [2.24, 2.45) is 11.7 Å². The molecule has 98 valence electrons. The number of carbonyl (C=O) groups excluding carboxylic acids is 1. The Morgan fingerprint density at radius 3 is 2.56 bits per heavy atom. The molecule has 1 saturated carbocycles. The molecule has 0 aliphatic heterocycles. The van der Waals surface area contributed by atoms with Crippen LogP contribution in [0.1, 0.15) is 44.2 Å². The van der Waals surface area contributed by atoms with Gasteiger partial charge in [-0.3, -0.25) is 4.79 Å². The zero-order chi connectivity index (χ0) is 13.0. The van der Waals surface area contributed by atoms with E-state index in [1.807, 2.05) is 18.2 Å². The fraction of sp³-hybridized carbons (Fsp3) is 0.533. The lowest BCUT2D eigenvalue weighted by atomic mass is 9.79. The maximum Gasteiger partial charge on any atom is 0.237 e. The second kappa shape index (κ2) is 6.01. The predicted molar refractivity (Wildman–Crippen MR) is 72.9 cm³/mol. The Morgan fingerprint density at radius 2 is 2.06 bits per heavy atom. The fourth-order valence-corrected chi connectivity index (χ4v) is 2.33. The molecule has 3 nitrogen and oxygen atoms in total. The predicted octanol–water partition coefficient (Wildman–Crippen LogP) is 2.38. The average Bonchev–Trinajstić information content (AvgIpc) is 2.32. The van der Waals surface area contributed by atoms with Gasteiger partial charge in [0.15, 0.2) is 0 Å². The van der Waals surface area contributed by atoms with Gasteiger partial charge in [0.25, 0.3) is 0 Å². The molecule has 1 unspecified atom stereocenters. The van der Waals surface area contributed by atoms with Crippen molar-refractivity contribution >= 4 is 5.91 Å². The molecule has 1 amide bonds. The van der Waals surface area contributed by atoms with E-state index >= 15 is 0 Å². The molecule has 0 spiro atoms. The third-order valence-corrected chi connectivity index (χ3v) is 3.73. The van der Waals surface area contributed by atoms with Crippen LogP contribution in [-0.4, -0.2) is 11.9 Å². The van der Waals surface area contributed by atoms with Gasteiger partial charge in [-0.05, 0) is 24.8 Å². The number of hydrogen-bond acceptors (Lipinski definition) is 2. The normalized spacial score (nSPS) is 18.8. The molecule has 2 atom stereocenters. The summed E-state index contributed by atoms with van der Waals surface area (Å²) in [6, 6.07) is 9.84. The van der Waals surface area contributed by atoms with Crippen LogP contribution in [0.15, 0.2) is 30.3 Å². The lowest BCUT2D eigenvalue weighted by Gasteiger charge is -2.30. The van der Waals surface area contributed by atoms with Gasteiger partial charge in [0.1, 0.15) is 0 Å². The van der Waals surface area contributed by atoms with Crippen molar-refractivity contribution in [3.63, 3.8) is 0 Å². The van der Waals surface area contributed by atoms with Gasteiger partial charge in [-0.2, -0.15) is 0 Å². The van der Waals surface area contributed by atoms with Crippen LogP contribution in [-0.2, 0) is 4.79 Å². The summed E-state index contributed by atoms with van der Waals surface area (Å²) in [6.45, 7) is 1.72. The molecule has 2 rings (SSSR count). The van der Waals surface area contributed by atoms with E-state index in [1.165, 1.54) is 24.8 Å². The fourth-order valence-electron chi connectivity index (χ4n) is 2.33. The van der Waals surface area contributed by atoms with Gasteiger partial charge < -0.3 is 11.1 Å². The number of carbonyl (C=O) groups is 1. The first kappa shape index (κ1) is 13.1. The maximum absolute atomic E-state index is 11.8. The third-order valence-electron chi connectivity index (χ3n) is 3.73. The molecule has 18 heavy (non-hydrogen) atoms. The van der Waals surface area contributed by atoms with E-state index < -0.39 is 6.04 Å². The number of benzene rings is 1. The molecule has 0 radical (unpaired) electrons. The van der Waals surface area contributed by atoms with Crippen molar-refractivity contribution in [2.75, 3.05) is 0 Å². The Hall–Kier alpha value is -1.35. The summed E-state index contributed by atoms with van der Waals surface area (Å²) in [5.74, 6) is 0.687. The summed E-state index contributed by atoms with van der Waals surface area (Å²) < 4.78 is 0. The van der Waals surface area contributed by atoms with Crippen LogP contribution in [0.3, 0.4) is 0 Å². The Morgan fingerprint density at radius 1 is 1.39 bits per heavy atom. The highest BCUT2D eigenvalue weighted by Gasteiger charge is 2.24. The first-order chi connectivity index (χ1) is 8.66. The smallest absolute Gasteiger partial charge is 0.237 e. The monoisotopic (exact) mass is 246 g/mol. The maximum atomic E-state index is 11.8. The molecule has 1 fully saturated rings. The molecule has 1 aliphatic carbocycles. The van der Waals surface area contributed by atoms with E-state index in [9.17, 15) is 4.79 Å². The van der Waals surface area contributed by atoms with Crippen molar-refractivity contribution in [1.82, 2.24) is 5.32 Å². The van der Waals surface area contributed by atoms with E-state index in [2.05, 4.69) is 17.4 Å². The van der Waals surface area contributed by atoms with Gasteiger partial charge in [-0.15, -0.1) is 0 Å². The van der Waals surface area contributed by atoms with E-state index in [4.69, 9.17) is 5.73 Å². The number of nitrogens with one attached hydrogen (secondary N) is 1. The summed E-state index contributed by atoms with van der Waals surface area (Å²) >= 11 is 0. The van der Waals surface area contributed by atoms with Gasteiger partial charge in [0, 0.05) is 0 Å². The molecule has 1 aromatic carbocycles. The number of amides is 1. The molecule has 0 bridgehead atoms. The number of rotatable bonds is 5. The molecule has 0 heterocycles. The number of hydrogen-bond donors (Lipinski definition) is 2. The van der Waals surface area contributed by atoms with Crippen LogP contribution in [0.4, 0.5) is 0 Å². The largest absolute Gasteiger partial charge is 0.348 e. The first-order valence-corrected chi connectivity index (χ1v) is 6.77. The molecule has 1 aromatic rings. The Labute approximate surface area is 109 Å². The van der Waals surface area contributed by atoms with Crippen molar-refractivity contribution in [1.29, 1.82) is 0 Å². The zero-order valence-corrected chi connectivity index (χ0v) is 10.9. The van der Waals surface area contributed by atoms with Crippen LogP contribution in [0.5, 0.6) is 0 Å². The van der Waals surface area contributed by atoms with Gasteiger partial charge in [-0.1, -0.05) is 49.6 Å². The molecular formula is C15H22N2O. The third kappa shape index (κ3) is 3.33. The van der Waals surface area contributed by atoms with Gasteiger partial charge in [-0.25, -0.2) is 0 Å². The second-order valence-corrected chi connectivity index (χ2v) is 5.29. The SMILES string of the molecule is C[C@@H](N)C(=O)NC(CC1CCC1)c1ccccc1. The Kier molecular flexibility index (Phi) is 4.37. The lowest BCUT2D eigenvalue weighted by Crippen LogP contribution is -2.41. The van der Waals surface area contributed by atoms with Crippen molar-refractivity contribution in [2.45, 2.75) is 44.7 Å². The van der Waals surface area contributed by atoms with Gasteiger partial charge >= 0.3 is 0 Å². The van der Waals surface area contributed by atoms with E-state index in [-0.39, 0.29) is 11.9 Å². The summed E-state index contributed by atoms with van der Waals surface area (Å²) in [5, 5.41) is 3.07. The average molecular weight is 246 g/mol. The summed E-state index contributed by atoms with van der Waals surface area (Å²) in [6.07, 6.45) is 4.94. The van der Waals surface area contributed by atoms with E-state index in [1.54, 1.807) is 6.92 Å². The van der Waals surface area contributed by atoms with Crippen LogP contribution < -0.4 is 11.1 Å². The van der Waals surface area contributed by atoms with Crippen molar-refractivity contribution in [3.8, 4) is 0 Å². The zero-order valence-electron chi connectivity index (χ0n) is 10.9. The highest BCUT2D eigenvalue weighted by molar-refractivity contribution is 5.81. The summed E-state index contributed by atoms with van der Waals surface area (Å²) in [7, 11) is 0. The Bertz CT molecular complexity index is 385. The highest BCUT2D eigenvalue weighted by atomic mass is 16.2. The van der Waals surface area contributed by atoms with E-state index in [0.717, 1.165) is 12.3 Å². The molecule has 1 aliphatic rings. The van der Waals surface area contributed by atoms with Gasteiger partial charge in [0.2, 0.25) is 5.91 Å². The second-order valence-electron chi connectivity index (χ2n) is 5.29. The van der Waals surface area contributed by atoms with Crippen molar-refractivity contribution < 1.29 is 4.79 Å². The molecule has 0 saturated heterocycles. The summed E-state index contributed by atoms with van der Waals surface area (Å²) in [4.78, 5) is 11.8. The van der Waals surface area contributed by atoms with Crippen molar-refractivity contribution in [3.05, 3.63) is 35.9 Å². The highest BCUT2D eigenvalue weighted by Crippen LogP contribution is 2.34. The lowest BCUT2D eigenvalue weighted by molar-refractivity contribution is -0.122. The molecule has 0 aromatic heterocycles. The Balaban J connectivity index is 2.04. The quantitative estimate of drug-likeness (QED) is 0.838. The molecule has 3 heteroatoms. The topological polar surface area (TPSA) is 55.1 Å². The standard InChI is InChI=1S/C15H22N2O/c1-11(16)15(18)17-14(10-12-6-5-7-12)13-8-3-2-4-9-13/h2-4,8-9,11-12,14H,5-7,10,16H2,1H3,(H,17,18)/t11-,14?/m1/s1. The van der Waals surface area contributed by atoms with Crippen LogP contribution in [0.25, 0.3) is 0 Å². The first-order valence-electron chi connectivity index (χ1n) is 6.77. The minimum Gasteiger partial charge on any atom is -0.348 e. The van der Waals surface area contributed by atoms with E-state index in [0.29, 0.717) is 0 Å². The van der Waals surface area contributed by atoms with Gasteiger partial charge in [0.05, 0.1) is 12.1 Å². The minimum absolute atomic E-state index is 0.0665. The summed E-state index contributed by atoms with van der Waals surface area (Å²) in [5.41, 5.74) is 6.81. The number of nitrogens with two attached hydrogens (primary N) is 1.